The summed E-state index contributed by atoms with van der Waals surface area (Å²) in [5, 5.41) is 24.1. The maximum absolute atomic E-state index is 13.5. The van der Waals surface area contributed by atoms with Gasteiger partial charge in [-0.3, -0.25) is 19.1 Å². The first kappa shape index (κ1) is 44.0. The lowest BCUT2D eigenvalue weighted by Gasteiger charge is -2.24. The van der Waals surface area contributed by atoms with Crippen molar-refractivity contribution in [2.75, 3.05) is 54.2 Å². The molecule has 0 fully saturated rings. The predicted molar refractivity (Wildman–Crippen MR) is 230 cm³/mol. The fourth-order valence-corrected chi connectivity index (χ4v) is 6.50. The number of amides is 4. The van der Waals surface area contributed by atoms with E-state index in [9.17, 15) is 27.6 Å². The number of carboxylic acid groups (broad SMARTS) is 1. The Morgan fingerprint density at radius 1 is 0.767 bits per heavy atom. The quantitative estimate of drug-likeness (QED) is 0.0511. The van der Waals surface area contributed by atoms with Gasteiger partial charge in [-0.1, -0.05) is 45.0 Å². The van der Waals surface area contributed by atoms with Crippen LogP contribution in [0.4, 0.5) is 33.4 Å². The van der Waals surface area contributed by atoms with Gasteiger partial charge in [0.15, 0.2) is 5.75 Å². The lowest BCUT2D eigenvalue weighted by Crippen LogP contribution is -2.31. The molecule has 1 aromatic heterocycles. The normalized spacial score (nSPS) is 11.2. The predicted octanol–water partition coefficient (Wildman–Crippen LogP) is 6.81. The van der Waals surface area contributed by atoms with Gasteiger partial charge in [0.25, 0.3) is 5.91 Å². The number of aliphatic carboxylic acids is 1. The summed E-state index contributed by atoms with van der Waals surface area (Å²) in [6, 6.07) is 21.9. The summed E-state index contributed by atoms with van der Waals surface area (Å²) < 4.78 is 44.1. The van der Waals surface area contributed by atoms with Gasteiger partial charge in [-0.25, -0.2) is 18.2 Å². The Morgan fingerprint density at radius 2 is 1.47 bits per heavy atom. The summed E-state index contributed by atoms with van der Waals surface area (Å²) in [4.78, 5) is 53.3. The van der Waals surface area contributed by atoms with Gasteiger partial charge in [0.05, 0.1) is 49.5 Å². The van der Waals surface area contributed by atoms with Gasteiger partial charge in [0, 0.05) is 54.3 Å². The Hall–Kier alpha value is -7.08. The van der Waals surface area contributed by atoms with Crippen molar-refractivity contribution in [2.24, 2.45) is 0 Å². The lowest BCUT2D eigenvalue weighted by molar-refractivity contribution is -0.136. The third kappa shape index (κ3) is 12.0. The Bertz CT molecular complexity index is 2520. The monoisotopic (exact) mass is 841 g/mol. The highest BCUT2D eigenvalue weighted by Crippen LogP contribution is 2.40. The van der Waals surface area contributed by atoms with Crippen LogP contribution in [0, 0.1) is 0 Å². The Kier molecular flexibility index (Phi) is 14.0. The van der Waals surface area contributed by atoms with Gasteiger partial charge < -0.3 is 45.9 Å². The number of carboxylic acids is 1. The van der Waals surface area contributed by atoms with Crippen molar-refractivity contribution >= 4 is 73.2 Å². The number of sulfonamides is 1. The number of nitrogens with zero attached hydrogens (tertiary/aromatic N) is 1. The zero-order chi connectivity index (χ0) is 43.6. The number of hydrogen-bond donors (Lipinski definition) is 7. The molecule has 1 heterocycles. The molecule has 17 nitrogen and oxygen atoms in total. The molecule has 4 amide bonds. The van der Waals surface area contributed by atoms with E-state index in [4.69, 9.17) is 19.3 Å². The molecule has 18 heteroatoms. The summed E-state index contributed by atoms with van der Waals surface area (Å²) in [7, 11) is -0.846. The number of carbonyl (C=O) groups is 4. The number of fused-ring (bicyclic) bond motifs is 1. The van der Waals surface area contributed by atoms with E-state index in [1.165, 1.54) is 14.2 Å². The topological polar surface area (TPSA) is 235 Å². The minimum atomic E-state index is -3.66. The van der Waals surface area contributed by atoms with E-state index < -0.39 is 27.9 Å². The molecule has 0 saturated carbocycles. The molecule has 5 aromatic rings. The van der Waals surface area contributed by atoms with Crippen LogP contribution in [0.25, 0.3) is 10.8 Å². The molecular weight excluding hydrogens is 795 g/mol. The van der Waals surface area contributed by atoms with Crippen LogP contribution in [-0.4, -0.2) is 75.9 Å². The SMILES string of the molecule is COc1cc(Nc2cc(Oc3ccc(NC(=O)Nc4cc(C(C)(C)C)cc(NS(C)(=O)=O)c4OC)c4ccccc34)ccn2)ccc1C(=O)NCCC(=O)NCCC(=O)O. The minimum Gasteiger partial charge on any atom is -0.496 e. The molecular formula is C42H47N7O10S. The molecule has 0 saturated heterocycles. The number of aromatic nitrogens is 1. The molecule has 0 bridgehead atoms. The summed E-state index contributed by atoms with van der Waals surface area (Å²) in [5.74, 6) is -0.0494. The fraction of sp³-hybridized carbons (Fsp3) is 0.262. The van der Waals surface area contributed by atoms with E-state index in [0.29, 0.717) is 39.5 Å². The van der Waals surface area contributed by atoms with Gasteiger partial charge in [-0.15, -0.1) is 0 Å². The smallest absolute Gasteiger partial charge is 0.323 e. The summed E-state index contributed by atoms with van der Waals surface area (Å²) in [6.45, 7) is 5.94. The van der Waals surface area contributed by atoms with Gasteiger partial charge in [0.2, 0.25) is 15.9 Å². The average Bonchev–Trinajstić information content (AvgIpc) is 3.17. The highest BCUT2D eigenvalue weighted by atomic mass is 32.2. The molecule has 0 aliphatic heterocycles. The lowest BCUT2D eigenvalue weighted by atomic mass is 9.86. The number of benzene rings is 4. The van der Waals surface area contributed by atoms with Crippen molar-refractivity contribution in [3.05, 3.63) is 96.2 Å². The Balaban J connectivity index is 1.28. The molecule has 0 unspecified atom stereocenters. The van der Waals surface area contributed by atoms with Crippen molar-refractivity contribution in [1.82, 2.24) is 15.6 Å². The second-order valence-corrected chi connectivity index (χ2v) is 16.2. The molecule has 316 valence electrons. The molecule has 0 atom stereocenters. The van der Waals surface area contributed by atoms with Crippen molar-refractivity contribution in [2.45, 2.75) is 39.0 Å². The second kappa shape index (κ2) is 19.1. The zero-order valence-electron chi connectivity index (χ0n) is 33.9. The number of pyridine rings is 1. The molecule has 7 N–H and O–H groups in total. The molecule has 60 heavy (non-hydrogen) atoms. The van der Waals surface area contributed by atoms with Gasteiger partial charge in [-0.05, 0) is 53.4 Å². The summed E-state index contributed by atoms with van der Waals surface area (Å²) in [5.41, 5.74) is 2.13. The fourth-order valence-electron chi connectivity index (χ4n) is 5.95. The first-order chi connectivity index (χ1) is 28.4. The number of hydrogen-bond acceptors (Lipinski definition) is 11. The van der Waals surface area contributed by atoms with E-state index in [1.54, 1.807) is 60.8 Å². The summed E-state index contributed by atoms with van der Waals surface area (Å²) >= 11 is 0. The van der Waals surface area contributed by atoms with E-state index in [-0.39, 0.29) is 65.7 Å². The number of methoxy groups -OCH3 is 2. The third-order valence-corrected chi connectivity index (χ3v) is 9.40. The third-order valence-electron chi connectivity index (χ3n) is 8.81. The van der Waals surface area contributed by atoms with Crippen molar-refractivity contribution < 1.29 is 46.9 Å². The number of anilines is 5. The highest BCUT2D eigenvalue weighted by molar-refractivity contribution is 7.92. The zero-order valence-corrected chi connectivity index (χ0v) is 34.7. The van der Waals surface area contributed by atoms with Crippen molar-refractivity contribution in [3.63, 3.8) is 0 Å². The van der Waals surface area contributed by atoms with Crippen LogP contribution < -0.4 is 45.5 Å². The average molecular weight is 842 g/mol. The van der Waals surface area contributed by atoms with E-state index in [0.717, 1.165) is 11.8 Å². The first-order valence-electron chi connectivity index (χ1n) is 18.6. The van der Waals surface area contributed by atoms with Crippen LogP contribution in [0.3, 0.4) is 0 Å². The van der Waals surface area contributed by atoms with Crippen LogP contribution in [0.2, 0.25) is 0 Å². The number of nitrogens with one attached hydrogen (secondary N) is 6. The maximum Gasteiger partial charge on any atom is 0.323 e. The second-order valence-electron chi connectivity index (χ2n) is 14.5. The van der Waals surface area contributed by atoms with E-state index in [2.05, 4.69) is 36.3 Å². The molecule has 5 rings (SSSR count). The van der Waals surface area contributed by atoms with E-state index in [1.807, 2.05) is 45.0 Å². The molecule has 0 aliphatic carbocycles. The van der Waals surface area contributed by atoms with Crippen LogP contribution in [-0.2, 0) is 25.0 Å². The highest BCUT2D eigenvalue weighted by Gasteiger charge is 2.23. The largest absolute Gasteiger partial charge is 0.496 e. The maximum atomic E-state index is 13.5. The standard InChI is InChI=1S/C42H47N7O10S/c1-42(2,3)25-21-32(39(58-5)33(22-25)49-60(6,55)56)48-41(54)47-31-13-14-34(29-10-8-7-9-28(29)31)59-27-15-18-43-36(24-27)46-26-11-12-30(35(23-26)57-4)40(53)45-19-16-37(50)44-20-17-38(51)52/h7-15,18,21-24,49H,16-17,19-20H2,1-6H3,(H,43,46)(H,44,50)(H,45,53)(H,51,52)(H2,47,48,54). The van der Waals surface area contributed by atoms with Gasteiger partial charge in [0.1, 0.15) is 23.1 Å². The number of ether oxygens (including phenoxy) is 3. The van der Waals surface area contributed by atoms with Crippen LogP contribution in [0.5, 0.6) is 23.0 Å². The minimum absolute atomic E-state index is 0.00302. The Labute approximate surface area is 347 Å². The molecule has 0 aliphatic rings. The molecule has 0 radical (unpaired) electrons. The van der Waals surface area contributed by atoms with Gasteiger partial charge >= 0.3 is 12.0 Å². The van der Waals surface area contributed by atoms with Crippen LogP contribution in [0.1, 0.15) is 49.5 Å². The van der Waals surface area contributed by atoms with Crippen molar-refractivity contribution in [1.29, 1.82) is 0 Å². The van der Waals surface area contributed by atoms with E-state index >= 15 is 0 Å². The number of rotatable bonds is 17. The van der Waals surface area contributed by atoms with Crippen LogP contribution >= 0.6 is 0 Å². The number of urea groups is 1. The van der Waals surface area contributed by atoms with Crippen LogP contribution in [0.15, 0.2) is 85.1 Å². The van der Waals surface area contributed by atoms with Crippen molar-refractivity contribution in [3.8, 4) is 23.0 Å². The first-order valence-corrected chi connectivity index (χ1v) is 20.5. The summed E-state index contributed by atoms with van der Waals surface area (Å²) in [6.07, 6.45) is 2.39. The molecule has 0 spiro atoms. The Morgan fingerprint density at radius 3 is 2.15 bits per heavy atom. The van der Waals surface area contributed by atoms with Gasteiger partial charge in [-0.2, -0.15) is 0 Å². The molecule has 4 aromatic carbocycles. The number of carbonyl (C=O) groups excluding carboxylic acids is 3.